The Labute approximate surface area is 205 Å². The second-order valence-corrected chi connectivity index (χ2v) is 10.1. The van der Waals surface area contributed by atoms with E-state index in [1.54, 1.807) is 0 Å². The van der Waals surface area contributed by atoms with Crippen molar-refractivity contribution in [1.29, 1.82) is 4.78 Å². The van der Waals surface area contributed by atoms with E-state index >= 15 is 0 Å². The van der Waals surface area contributed by atoms with Gasteiger partial charge in [-0.05, 0) is 48.5 Å². The summed E-state index contributed by atoms with van der Waals surface area (Å²) in [4.78, 5) is 1.84. The predicted octanol–water partition coefficient (Wildman–Crippen LogP) is 4.57. The van der Waals surface area contributed by atoms with Crippen LogP contribution in [0.3, 0.4) is 0 Å². The minimum Gasteiger partial charge on any atom is -0.453 e. The van der Waals surface area contributed by atoms with Gasteiger partial charge in [0.1, 0.15) is 15.7 Å². The highest BCUT2D eigenvalue weighted by Crippen LogP contribution is 2.48. The summed E-state index contributed by atoms with van der Waals surface area (Å²) in [5.41, 5.74) is 1.44. The normalized spacial score (nSPS) is 23.1. The van der Waals surface area contributed by atoms with Crippen molar-refractivity contribution in [1.82, 2.24) is 4.72 Å². The fourth-order valence-corrected chi connectivity index (χ4v) is 5.61. The van der Waals surface area contributed by atoms with Crippen molar-refractivity contribution in [3.63, 3.8) is 0 Å². The van der Waals surface area contributed by atoms with Crippen molar-refractivity contribution >= 4 is 21.3 Å². The molecule has 0 radical (unpaired) electrons. The van der Waals surface area contributed by atoms with Crippen molar-refractivity contribution in [3.05, 3.63) is 72.8 Å². The van der Waals surface area contributed by atoms with E-state index in [0.29, 0.717) is 11.5 Å². The Balaban J connectivity index is 1.39. The lowest BCUT2D eigenvalue weighted by molar-refractivity contribution is -0.274. The van der Waals surface area contributed by atoms with Crippen LogP contribution in [0.5, 0.6) is 17.2 Å². The standard InChI is InChI=1S/C24H22F3N3O5S/c25-24(26,27)35-15-9-11-16(12-10-15)36(28,32)29-17-13-33-14-20(23(17)31)30-18-5-1-3-7-21(18)34-22-8-4-2-6-19(22)30/h1-12,17,20,23,31H,13-14H2,(H2,28,29,32)/t17-,20+,23+,36?/m1/s1. The average Bonchev–Trinajstić information content (AvgIpc) is 2.83. The van der Waals surface area contributed by atoms with Gasteiger partial charge in [0.05, 0.1) is 47.7 Å². The number of para-hydroxylation sites is 4. The van der Waals surface area contributed by atoms with Crippen molar-refractivity contribution in [2.24, 2.45) is 0 Å². The van der Waals surface area contributed by atoms with E-state index in [9.17, 15) is 22.5 Å². The van der Waals surface area contributed by atoms with Gasteiger partial charge in [-0.15, -0.1) is 13.2 Å². The maximum Gasteiger partial charge on any atom is 0.573 e. The Morgan fingerprint density at radius 1 is 0.972 bits per heavy atom. The van der Waals surface area contributed by atoms with Crippen LogP contribution < -0.4 is 19.1 Å². The van der Waals surface area contributed by atoms with E-state index < -0.39 is 40.2 Å². The highest BCUT2D eigenvalue weighted by molar-refractivity contribution is 7.90. The maximum atomic E-state index is 13.2. The lowest BCUT2D eigenvalue weighted by atomic mass is 9.98. The molecule has 8 nitrogen and oxygen atoms in total. The van der Waals surface area contributed by atoms with Crippen LogP contribution >= 0.6 is 0 Å². The van der Waals surface area contributed by atoms with Gasteiger partial charge < -0.3 is 24.2 Å². The molecule has 2 aliphatic heterocycles. The number of hydrogen-bond acceptors (Lipinski definition) is 7. The maximum absolute atomic E-state index is 13.2. The van der Waals surface area contributed by atoms with Gasteiger partial charge >= 0.3 is 6.36 Å². The molecule has 190 valence electrons. The third kappa shape index (κ3) is 4.85. The molecule has 2 aliphatic rings. The van der Waals surface area contributed by atoms with Crippen LogP contribution in [-0.2, 0) is 14.7 Å². The molecular weight excluding hydrogens is 499 g/mol. The first kappa shape index (κ1) is 24.4. The van der Waals surface area contributed by atoms with Gasteiger partial charge in [-0.3, -0.25) is 0 Å². The first-order valence-electron chi connectivity index (χ1n) is 11.0. The number of benzene rings is 3. The molecule has 3 N–H and O–H groups in total. The second kappa shape index (κ2) is 9.28. The van der Waals surface area contributed by atoms with E-state index in [2.05, 4.69) is 9.46 Å². The zero-order chi connectivity index (χ0) is 25.5. The molecule has 1 fully saturated rings. The highest BCUT2D eigenvalue weighted by atomic mass is 32.2. The lowest BCUT2D eigenvalue weighted by Gasteiger charge is -2.44. The number of aliphatic hydroxyl groups excluding tert-OH is 1. The molecule has 3 aromatic rings. The number of aliphatic hydroxyl groups is 1. The average molecular weight is 522 g/mol. The summed E-state index contributed by atoms with van der Waals surface area (Å²) in [6.07, 6.45) is -5.98. The molecule has 0 aromatic heterocycles. The molecule has 3 aromatic carbocycles. The van der Waals surface area contributed by atoms with E-state index in [0.717, 1.165) is 35.6 Å². The van der Waals surface area contributed by atoms with Crippen LogP contribution in [-0.4, -0.2) is 47.1 Å². The van der Waals surface area contributed by atoms with Crippen LogP contribution in [0.15, 0.2) is 77.7 Å². The molecular formula is C24H22F3N3O5S. The third-order valence-corrected chi connectivity index (χ3v) is 7.47. The molecule has 0 amide bonds. The number of hydrogen-bond donors (Lipinski definition) is 3. The topological polar surface area (TPSA) is 104 Å². The van der Waals surface area contributed by atoms with Crippen LogP contribution in [0, 0.1) is 4.78 Å². The van der Waals surface area contributed by atoms with Gasteiger partial charge in [-0.25, -0.2) is 13.7 Å². The minimum absolute atomic E-state index is 0.0174. The summed E-state index contributed by atoms with van der Waals surface area (Å²) in [7, 11) is -3.70. The highest BCUT2D eigenvalue weighted by Gasteiger charge is 2.41. The van der Waals surface area contributed by atoms with Gasteiger partial charge in [0.15, 0.2) is 11.5 Å². The minimum atomic E-state index is -4.86. The Bertz CT molecular complexity index is 1310. The molecule has 2 heterocycles. The van der Waals surface area contributed by atoms with Crippen molar-refractivity contribution in [3.8, 4) is 17.2 Å². The first-order chi connectivity index (χ1) is 17.1. The molecule has 0 bridgehead atoms. The van der Waals surface area contributed by atoms with Crippen molar-refractivity contribution in [2.45, 2.75) is 29.4 Å². The number of ether oxygens (including phenoxy) is 3. The predicted molar refractivity (Wildman–Crippen MR) is 125 cm³/mol. The summed E-state index contributed by atoms with van der Waals surface area (Å²) in [5.74, 6) is 0.708. The summed E-state index contributed by atoms with van der Waals surface area (Å²) < 4.78 is 77.0. The van der Waals surface area contributed by atoms with Gasteiger partial charge in [-0.1, -0.05) is 24.3 Å². The van der Waals surface area contributed by atoms with E-state index in [1.807, 2.05) is 53.4 Å². The number of alkyl halides is 3. The molecule has 5 rings (SSSR count). The van der Waals surface area contributed by atoms with Gasteiger partial charge in [-0.2, -0.15) is 0 Å². The number of nitrogens with one attached hydrogen (secondary N) is 2. The fourth-order valence-electron chi connectivity index (χ4n) is 4.32. The van der Waals surface area contributed by atoms with Crippen LogP contribution in [0.25, 0.3) is 0 Å². The number of anilines is 2. The third-order valence-electron chi connectivity index (χ3n) is 5.90. The smallest absolute Gasteiger partial charge is 0.453 e. The Kier molecular flexibility index (Phi) is 6.29. The Hall–Kier alpha value is -3.32. The summed E-state index contributed by atoms with van der Waals surface area (Å²) in [6, 6.07) is 17.4. The molecule has 4 atom stereocenters. The first-order valence-corrected chi connectivity index (χ1v) is 12.5. The Morgan fingerprint density at radius 3 is 2.14 bits per heavy atom. The van der Waals surface area contributed by atoms with Crippen LogP contribution in [0.1, 0.15) is 0 Å². The van der Waals surface area contributed by atoms with E-state index in [1.165, 1.54) is 0 Å². The molecule has 0 aliphatic carbocycles. The van der Waals surface area contributed by atoms with Gasteiger partial charge in [0.2, 0.25) is 0 Å². The molecule has 0 spiro atoms. The SMILES string of the molecule is N=S(=O)(N[C@@H]1COC[C@H](N2c3ccccc3Oc3ccccc32)[C@H]1O)c1ccc(OC(F)(F)F)cc1. The summed E-state index contributed by atoms with van der Waals surface area (Å²) in [6.45, 7) is 0.140. The van der Waals surface area contributed by atoms with Crippen LogP contribution in [0.2, 0.25) is 0 Å². The zero-order valence-corrected chi connectivity index (χ0v) is 19.5. The van der Waals surface area contributed by atoms with Gasteiger partial charge in [0, 0.05) is 0 Å². The van der Waals surface area contributed by atoms with Gasteiger partial charge in [0.25, 0.3) is 0 Å². The number of rotatable bonds is 5. The van der Waals surface area contributed by atoms with Crippen molar-refractivity contribution < 1.29 is 36.7 Å². The zero-order valence-electron chi connectivity index (χ0n) is 18.6. The Morgan fingerprint density at radius 2 is 1.56 bits per heavy atom. The quantitative estimate of drug-likeness (QED) is 0.455. The summed E-state index contributed by atoms with van der Waals surface area (Å²) in [5, 5.41) is 11.3. The number of fused-ring (bicyclic) bond motifs is 2. The van der Waals surface area contributed by atoms with E-state index in [-0.39, 0.29) is 18.1 Å². The molecule has 12 heteroatoms. The summed E-state index contributed by atoms with van der Waals surface area (Å²) >= 11 is 0. The lowest BCUT2D eigenvalue weighted by Crippen LogP contribution is -2.60. The largest absolute Gasteiger partial charge is 0.573 e. The number of halogens is 3. The monoisotopic (exact) mass is 521 g/mol. The van der Waals surface area contributed by atoms with E-state index in [4.69, 9.17) is 14.3 Å². The molecule has 36 heavy (non-hydrogen) atoms. The fraction of sp³-hybridized carbons (Fsp3) is 0.250. The van der Waals surface area contributed by atoms with Crippen molar-refractivity contribution in [2.75, 3.05) is 18.1 Å². The van der Waals surface area contributed by atoms with Crippen LogP contribution in [0.4, 0.5) is 24.5 Å². The molecule has 0 saturated carbocycles. The second-order valence-electron chi connectivity index (χ2n) is 8.30. The molecule has 1 saturated heterocycles. The number of nitrogens with zero attached hydrogens (tertiary/aromatic N) is 1. The molecule has 1 unspecified atom stereocenters.